The first-order valence-electron chi connectivity index (χ1n) is 13.6. The van der Waals surface area contributed by atoms with E-state index < -0.39 is 5.91 Å². The second-order valence-electron chi connectivity index (χ2n) is 10.0. The van der Waals surface area contributed by atoms with Crippen LogP contribution in [0.5, 0.6) is 5.75 Å². The zero-order valence-corrected chi connectivity index (χ0v) is 22.9. The summed E-state index contributed by atoms with van der Waals surface area (Å²) in [4.78, 5) is 45.1. The number of H-pyrrole nitrogens is 1. The Morgan fingerprint density at radius 3 is 2.30 bits per heavy atom. The van der Waals surface area contributed by atoms with E-state index in [0.29, 0.717) is 29.8 Å². The molecule has 206 valence electrons. The number of pyridine rings is 1. The summed E-state index contributed by atoms with van der Waals surface area (Å²) in [6.07, 6.45) is 1.46. The van der Waals surface area contributed by atoms with Gasteiger partial charge in [-0.3, -0.25) is 19.3 Å². The number of rotatable bonds is 9. The summed E-state index contributed by atoms with van der Waals surface area (Å²) in [6.45, 7) is 8.94. The highest BCUT2D eigenvalue weighted by Gasteiger charge is 2.18. The van der Waals surface area contributed by atoms with Crippen molar-refractivity contribution in [2.45, 2.75) is 26.9 Å². The Hall–Kier alpha value is -4.43. The van der Waals surface area contributed by atoms with E-state index in [4.69, 9.17) is 4.74 Å². The van der Waals surface area contributed by atoms with E-state index in [9.17, 15) is 14.4 Å². The number of Topliss-reactive ketones (excluding diaryl/α,β-unsaturated/α-hetero) is 1. The van der Waals surface area contributed by atoms with Crippen LogP contribution in [0.3, 0.4) is 0 Å². The number of fused-ring (bicyclic) bond motifs is 1. The van der Waals surface area contributed by atoms with Gasteiger partial charge in [-0.15, -0.1) is 0 Å². The Balaban J connectivity index is 1.13. The lowest BCUT2D eigenvalue weighted by atomic mass is 10.1. The topological polar surface area (TPSA) is 94.7 Å². The van der Waals surface area contributed by atoms with Crippen molar-refractivity contribution in [3.63, 3.8) is 0 Å². The lowest BCUT2D eigenvalue weighted by molar-refractivity contribution is 0.0948. The number of amides is 1. The number of carbonyl (C=O) groups excluding carboxylic acids is 2. The molecule has 0 radical (unpaired) electrons. The minimum absolute atomic E-state index is 0.0757. The summed E-state index contributed by atoms with van der Waals surface area (Å²) in [5, 5.41) is 3.29. The maximum atomic E-state index is 13.0. The fraction of sp³-hybridized carbons (Fsp3) is 0.281. The Labute approximate surface area is 233 Å². The summed E-state index contributed by atoms with van der Waals surface area (Å²) < 4.78 is 5.50. The van der Waals surface area contributed by atoms with E-state index in [2.05, 4.69) is 32.2 Å². The molecule has 0 bridgehead atoms. The molecule has 0 aliphatic carbocycles. The molecular formula is C32H34N4O4. The number of aromatic amines is 1. The van der Waals surface area contributed by atoms with Gasteiger partial charge in [0.25, 0.3) is 5.91 Å². The van der Waals surface area contributed by atoms with Crippen LogP contribution in [-0.4, -0.2) is 54.4 Å². The van der Waals surface area contributed by atoms with Crippen LogP contribution in [-0.2, 0) is 13.1 Å². The second-order valence-corrected chi connectivity index (χ2v) is 10.0. The van der Waals surface area contributed by atoms with Crippen LogP contribution in [0.2, 0.25) is 0 Å². The third-order valence-corrected chi connectivity index (χ3v) is 7.30. The first-order chi connectivity index (χ1) is 19.4. The van der Waals surface area contributed by atoms with E-state index in [1.807, 2.05) is 43.3 Å². The first-order valence-corrected chi connectivity index (χ1v) is 13.6. The van der Waals surface area contributed by atoms with E-state index in [0.717, 1.165) is 49.5 Å². The van der Waals surface area contributed by atoms with Crippen LogP contribution in [0.4, 0.5) is 5.69 Å². The molecule has 0 unspecified atom stereocenters. The quantitative estimate of drug-likeness (QED) is 0.307. The molecule has 1 amide bonds. The van der Waals surface area contributed by atoms with E-state index >= 15 is 0 Å². The molecule has 1 aromatic heterocycles. The average Bonchev–Trinajstić information content (AvgIpc) is 2.98. The van der Waals surface area contributed by atoms with Gasteiger partial charge >= 0.3 is 0 Å². The van der Waals surface area contributed by atoms with Gasteiger partial charge in [0.1, 0.15) is 11.3 Å². The minimum Gasteiger partial charge on any atom is -0.494 e. The fourth-order valence-corrected chi connectivity index (χ4v) is 4.99. The minimum atomic E-state index is -0.414. The number of nitrogens with one attached hydrogen (secondary N) is 2. The predicted octanol–water partition coefficient (Wildman–Crippen LogP) is 4.38. The predicted molar refractivity (Wildman–Crippen MR) is 157 cm³/mol. The number of aromatic nitrogens is 1. The van der Waals surface area contributed by atoms with E-state index in [1.165, 1.54) is 11.8 Å². The molecule has 0 atom stereocenters. The number of piperazine rings is 1. The Bertz CT molecular complexity index is 1550. The molecule has 2 heterocycles. The van der Waals surface area contributed by atoms with Gasteiger partial charge in [-0.05, 0) is 67.4 Å². The van der Waals surface area contributed by atoms with Crippen LogP contribution in [0.1, 0.15) is 45.7 Å². The molecule has 1 fully saturated rings. The summed E-state index contributed by atoms with van der Waals surface area (Å²) in [6, 6.07) is 21.3. The number of hydrogen-bond acceptors (Lipinski definition) is 6. The third-order valence-electron chi connectivity index (χ3n) is 7.30. The lowest BCUT2D eigenvalue weighted by Gasteiger charge is -2.36. The van der Waals surface area contributed by atoms with E-state index in [-0.39, 0.29) is 16.8 Å². The van der Waals surface area contributed by atoms with Gasteiger partial charge in [0, 0.05) is 67.6 Å². The molecule has 2 N–H and O–H groups in total. The molecule has 3 aromatic carbocycles. The molecule has 1 aliphatic rings. The molecule has 1 aliphatic heterocycles. The summed E-state index contributed by atoms with van der Waals surface area (Å²) in [7, 11) is 0. The zero-order chi connectivity index (χ0) is 28.1. The van der Waals surface area contributed by atoms with Crippen molar-refractivity contribution >= 4 is 28.3 Å². The SMILES string of the molecule is CCOc1ccc2[nH]cc(C(=O)NCc3ccc(CN4CCN(c5ccc(C(C)=O)cc5)CC4)cc3)c(=O)c2c1. The van der Waals surface area contributed by atoms with Crippen molar-refractivity contribution in [2.24, 2.45) is 0 Å². The number of anilines is 1. The second kappa shape index (κ2) is 12.2. The molecule has 8 nitrogen and oxygen atoms in total. The highest BCUT2D eigenvalue weighted by molar-refractivity contribution is 5.97. The summed E-state index contributed by atoms with van der Waals surface area (Å²) in [5.74, 6) is 0.269. The van der Waals surface area contributed by atoms with Gasteiger partial charge < -0.3 is 19.9 Å². The van der Waals surface area contributed by atoms with Crippen LogP contribution in [0, 0.1) is 0 Å². The largest absolute Gasteiger partial charge is 0.494 e. The van der Waals surface area contributed by atoms with Crippen molar-refractivity contribution in [1.82, 2.24) is 15.2 Å². The number of carbonyl (C=O) groups is 2. The molecule has 8 heteroatoms. The van der Waals surface area contributed by atoms with Gasteiger partial charge in [0.05, 0.1) is 6.61 Å². The molecular weight excluding hydrogens is 504 g/mol. The summed E-state index contributed by atoms with van der Waals surface area (Å²) >= 11 is 0. The monoisotopic (exact) mass is 538 g/mol. The van der Waals surface area contributed by atoms with Gasteiger partial charge in [-0.2, -0.15) is 0 Å². The van der Waals surface area contributed by atoms with E-state index in [1.54, 1.807) is 25.1 Å². The number of ether oxygens (including phenoxy) is 1. The maximum absolute atomic E-state index is 13.0. The van der Waals surface area contributed by atoms with Crippen molar-refractivity contribution in [1.29, 1.82) is 0 Å². The Morgan fingerprint density at radius 1 is 0.925 bits per heavy atom. The molecule has 0 saturated carbocycles. The highest BCUT2D eigenvalue weighted by atomic mass is 16.5. The molecule has 1 saturated heterocycles. The highest BCUT2D eigenvalue weighted by Crippen LogP contribution is 2.19. The number of ketones is 1. The first kappa shape index (κ1) is 27.1. The fourth-order valence-electron chi connectivity index (χ4n) is 4.99. The molecule has 5 rings (SSSR count). The van der Waals surface area contributed by atoms with Crippen molar-refractivity contribution < 1.29 is 14.3 Å². The van der Waals surface area contributed by atoms with Crippen LogP contribution in [0.25, 0.3) is 10.9 Å². The van der Waals surface area contributed by atoms with Crippen molar-refractivity contribution in [2.75, 3.05) is 37.7 Å². The van der Waals surface area contributed by atoms with Crippen LogP contribution < -0.4 is 20.4 Å². The number of benzene rings is 3. The number of hydrogen-bond donors (Lipinski definition) is 2. The van der Waals surface area contributed by atoms with Crippen LogP contribution in [0.15, 0.2) is 77.7 Å². The molecule has 0 spiro atoms. The Morgan fingerprint density at radius 2 is 1.62 bits per heavy atom. The maximum Gasteiger partial charge on any atom is 0.257 e. The molecule has 4 aromatic rings. The van der Waals surface area contributed by atoms with Crippen LogP contribution >= 0.6 is 0 Å². The molecule has 40 heavy (non-hydrogen) atoms. The average molecular weight is 539 g/mol. The lowest BCUT2D eigenvalue weighted by Crippen LogP contribution is -2.45. The van der Waals surface area contributed by atoms with Gasteiger partial charge in [-0.1, -0.05) is 24.3 Å². The third kappa shape index (κ3) is 6.24. The van der Waals surface area contributed by atoms with Crippen molar-refractivity contribution in [3.8, 4) is 5.75 Å². The zero-order valence-electron chi connectivity index (χ0n) is 22.9. The van der Waals surface area contributed by atoms with Crippen molar-refractivity contribution in [3.05, 3.63) is 105 Å². The smallest absolute Gasteiger partial charge is 0.257 e. The standard InChI is InChI=1S/C32H34N4O4/c1-3-40-27-12-13-30-28(18-27)31(38)29(20-33-30)32(39)34-19-23-4-6-24(7-5-23)21-35-14-16-36(17-15-35)26-10-8-25(9-11-26)22(2)37/h4-13,18,20H,3,14-17,19,21H2,1-2H3,(H,33,38)(H,34,39). The number of nitrogens with zero attached hydrogens (tertiary/aromatic N) is 2. The van der Waals surface area contributed by atoms with Gasteiger partial charge in [-0.25, -0.2) is 0 Å². The normalized spacial score (nSPS) is 13.8. The summed E-state index contributed by atoms with van der Waals surface area (Å²) in [5.41, 5.74) is 4.48. The Kier molecular flexibility index (Phi) is 8.26. The van der Waals surface area contributed by atoms with Gasteiger partial charge in [0.15, 0.2) is 5.78 Å². The van der Waals surface area contributed by atoms with Gasteiger partial charge in [0.2, 0.25) is 5.43 Å².